The lowest BCUT2D eigenvalue weighted by molar-refractivity contribution is -0.203. The number of hydrogen-bond acceptors (Lipinski definition) is 6. The molecule has 3 aliphatic rings. The third-order valence-corrected chi connectivity index (χ3v) is 9.45. The lowest BCUT2D eigenvalue weighted by atomic mass is 9.49. The van der Waals surface area contributed by atoms with Crippen LogP contribution in [-0.4, -0.2) is 67.8 Å². The second kappa shape index (κ2) is 10.7. The molecule has 0 unspecified atom stereocenters. The van der Waals surface area contributed by atoms with Crippen LogP contribution in [0.15, 0.2) is 29.5 Å². The molecule has 2 heterocycles. The van der Waals surface area contributed by atoms with E-state index in [4.69, 9.17) is 27.3 Å². The Morgan fingerprint density at radius 2 is 1.97 bits per heavy atom. The first-order chi connectivity index (χ1) is 17.8. The van der Waals surface area contributed by atoms with Crippen LogP contribution >= 0.6 is 11.6 Å². The van der Waals surface area contributed by atoms with E-state index in [0.29, 0.717) is 28.3 Å². The number of nitrogens with one attached hydrogen (secondary N) is 1. The van der Waals surface area contributed by atoms with E-state index in [2.05, 4.69) is 74.7 Å². The van der Waals surface area contributed by atoms with E-state index < -0.39 is 0 Å². The monoisotopic (exact) mass is 537 g/mol. The van der Waals surface area contributed by atoms with Crippen LogP contribution in [0.1, 0.15) is 59.9 Å². The fourth-order valence-electron chi connectivity index (χ4n) is 7.55. The normalized spacial score (nSPS) is 26.4. The van der Waals surface area contributed by atoms with Crippen LogP contribution in [0, 0.1) is 39.4 Å². The topological polar surface area (TPSA) is 77.5 Å². The SMILES string of the molecule is CC[C@@H](C#C/C(C)=C(\N)CN(C)[C@H]1C(C)(C)[C@H](Oc2ccc(C#N)c(Cl)c2)C1(C)C)N1CCC2(CNC2)C1. The van der Waals surface area contributed by atoms with E-state index in [-0.39, 0.29) is 29.0 Å². The van der Waals surface area contributed by atoms with Crippen LogP contribution in [-0.2, 0) is 0 Å². The summed E-state index contributed by atoms with van der Waals surface area (Å²) in [6, 6.07) is 7.92. The highest BCUT2D eigenvalue weighted by Gasteiger charge is 2.64. The number of rotatable bonds is 7. The molecule has 2 saturated heterocycles. The van der Waals surface area contributed by atoms with Crippen LogP contribution in [0.3, 0.4) is 0 Å². The number of nitriles is 1. The molecule has 3 N–H and O–H groups in total. The quantitative estimate of drug-likeness (QED) is 0.494. The highest BCUT2D eigenvalue weighted by Crippen LogP contribution is 2.57. The van der Waals surface area contributed by atoms with Crippen molar-refractivity contribution in [2.45, 2.75) is 72.6 Å². The maximum Gasteiger partial charge on any atom is 0.121 e. The maximum absolute atomic E-state index is 9.17. The average molecular weight is 538 g/mol. The minimum Gasteiger partial charge on any atom is -0.489 e. The Kier molecular flexibility index (Phi) is 8.14. The van der Waals surface area contributed by atoms with E-state index >= 15 is 0 Å². The van der Waals surface area contributed by atoms with Gasteiger partial charge in [0.2, 0.25) is 0 Å². The molecule has 7 heteroatoms. The van der Waals surface area contributed by atoms with Crippen molar-refractivity contribution in [3.05, 3.63) is 40.1 Å². The van der Waals surface area contributed by atoms with Gasteiger partial charge in [-0.1, -0.05) is 58.1 Å². The van der Waals surface area contributed by atoms with Gasteiger partial charge in [-0.3, -0.25) is 9.80 Å². The number of ether oxygens (including phenoxy) is 1. The van der Waals surface area contributed by atoms with E-state index in [1.165, 1.54) is 6.42 Å². The highest BCUT2D eigenvalue weighted by atomic mass is 35.5. The third kappa shape index (κ3) is 5.30. The molecule has 1 aliphatic carbocycles. The second-order valence-corrected chi connectivity index (χ2v) is 13.3. The van der Waals surface area contributed by atoms with Gasteiger partial charge in [-0.15, -0.1) is 0 Å². The molecule has 2 aliphatic heterocycles. The lowest BCUT2D eigenvalue weighted by Gasteiger charge is -2.65. The van der Waals surface area contributed by atoms with Gasteiger partial charge in [-0.25, -0.2) is 0 Å². The molecular formula is C31H44ClN5O. The first-order valence-electron chi connectivity index (χ1n) is 13.8. The number of nitrogens with zero attached hydrogens (tertiary/aromatic N) is 3. The summed E-state index contributed by atoms with van der Waals surface area (Å²) < 4.78 is 6.45. The van der Waals surface area contributed by atoms with Gasteiger partial charge in [0.25, 0.3) is 0 Å². The second-order valence-electron chi connectivity index (χ2n) is 12.9. The van der Waals surface area contributed by atoms with E-state index in [1.54, 1.807) is 12.1 Å². The Morgan fingerprint density at radius 3 is 2.50 bits per heavy atom. The number of likely N-dealkylation sites (tertiary alicyclic amines) is 1. The summed E-state index contributed by atoms with van der Waals surface area (Å²) in [6.07, 6.45) is 2.29. The Morgan fingerprint density at radius 1 is 1.29 bits per heavy atom. The molecule has 1 aromatic rings. The molecule has 0 radical (unpaired) electrons. The zero-order valence-corrected chi connectivity index (χ0v) is 24.9. The Labute approximate surface area is 234 Å². The smallest absolute Gasteiger partial charge is 0.121 e. The summed E-state index contributed by atoms with van der Waals surface area (Å²) >= 11 is 6.25. The van der Waals surface area contributed by atoms with Gasteiger partial charge >= 0.3 is 0 Å². The predicted octanol–water partition coefficient (Wildman–Crippen LogP) is 4.64. The summed E-state index contributed by atoms with van der Waals surface area (Å²) in [7, 11) is 2.14. The van der Waals surface area contributed by atoms with Crippen LogP contribution in [0.5, 0.6) is 5.75 Å². The Balaban J connectivity index is 1.41. The molecule has 0 amide bonds. The predicted molar refractivity (Wildman–Crippen MR) is 155 cm³/mol. The first kappa shape index (κ1) is 28.8. The molecule has 206 valence electrons. The molecular weight excluding hydrogens is 494 g/mol. The van der Waals surface area contributed by atoms with Crippen LogP contribution in [0.4, 0.5) is 0 Å². The van der Waals surface area contributed by atoms with Crippen molar-refractivity contribution in [2.24, 2.45) is 22.0 Å². The van der Waals surface area contributed by atoms with Crippen molar-refractivity contribution in [3.8, 4) is 23.7 Å². The van der Waals surface area contributed by atoms with Gasteiger partial charge in [0.1, 0.15) is 17.9 Å². The molecule has 3 fully saturated rings. The van der Waals surface area contributed by atoms with Gasteiger partial charge in [0.15, 0.2) is 0 Å². The first-order valence-corrected chi connectivity index (χ1v) is 14.2. The number of halogens is 1. The summed E-state index contributed by atoms with van der Waals surface area (Å²) in [5.41, 5.74) is 9.10. The van der Waals surface area contributed by atoms with Gasteiger partial charge < -0.3 is 15.8 Å². The van der Waals surface area contributed by atoms with Gasteiger partial charge in [-0.2, -0.15) is 5.26 Å². The van der Waals surface area contributed by atoms with Crippen molar-refractivity contribution in [1.82, 2.24) is 15.1 Å². The molecule has 4 rings (SSSR count). The number of nitrogens with two attached hydrogens (primary N) is 1. The van der Waals surface area contributed by atoms with E-state index in [0.717, 1.165) is 43.9 Å². The summed E-state index contributed by atoms with van der Waals surface area (Å²) in [5, 5.41) is 13.0. The van der Waals surface area contributed by atoms with Crippen molar-refractivity contribution < 1.29 is 4.74 Å². The zero-order chi connectivity index (χ0) is 27.9. The zero-order valence-electron chi connectivity index (χ0n) is 24.1. The van der Waals surface area contributed by atoms with Crippen molar-refractivity contribution in [2.75, 3.05) is 39.8 Å². The number of allylic oxidation sites excluding steroid dienone is 1. The van der Waals surface area contributed by atoms with Crippen LogP contribution < -0.4 is 15.8 Å². The lowest BCUT2D eigenvalue weighted by Crippen LogP contribution is -2.74. The van der Waals surface area contributed by atoms with Gasteiger partial charge in [0, 0.05) is 72.3 Å². The summed E-state index contributed by atoms with van der Waals surface area (Å²) in [6.45, 7) is 18.5. The van der Waals surface area contributed by atoms with Gasteiger partial charge in [0.05, 0.1) is 16.6 Å². The fraction of sp³-hybridized carbons (Fsp3) is 0.645. The minimum atomic E-state index is -0.117. The Hall–Kier alpha value is -2.22. The van der Waals surface area contributed by atoms with E-state index in [9.17, 15) is 0 Å². The third-order valence-electron chi connectivity index (χ3n) is 9.14. The van der Waals surface area contributed by atoms with Crippen molar-refractivity contribution in [1.29, 1.82) is 5.26 Å². The standard InChI is InChI=1S/C31H44ClN5O/c1-8-23(37-14-13-31(20-37)18-35-19-31)11-9-21(2)26(34)17-36(7)27-29(3,4)28(30(27,5)6)38-24-12-10-22(16-33)25(32)15-24/h10,12,15,23,27-28,35H,8,13-14,17-20,34H2,1-7H3/b26-21-/t23-,27-,28-/m0/s1. The molecule has 1 aromatic carbocycles. The summed E-state index contributed by atoms with van der Waals surface area (Å²) in [5.74, 6) is 7.64. The largest absolute Gasteiger partial charge is 0.489 e. The highest BCUT2D eigenvalue weighted by molar-refractivity contribution is 6.31. The molecule has 0 aromatic heterocycles. The molecule has 1 saturated carbocycles. The molecule has 1 atom stereocenters. The number of benzene rings is 1. The van der Waals surface area contributed by atoms with Gasteiger partial charge in [-0.05, 0) is 38.9 Å². The van der Waals surface area contributed by atoms with E-state index in [1.807, 2.05) is 13.0 Å². The van der Waals surface area contributed by atoms with Crippen LogP contribution in [0.2, 0.25) is 5.02 Å². The molecule has 0 bridgehead atoms. The molecule has 1 spiro atoms. The number of hydrogen-bond donors (Lipinski definition) is 2. The number of likely N-dealkylation sites (N-methyl/N-ethyl adjacent to an activating group) is 1. The Bertz CT molecular complexity index is 1170. The van der Waals surface area contributed by atoms with Crippen molar-refractivity contribution in [3.63, 3.8) is 0 Å². The van der Waals surface area contributed by atoms with Crippen LogP contribution in [0.25, 0.3) is 0 Å². The minimum absolute atomic E-state index is 0.0162. The molecule has 38 heavy (non-hydrogen) atoms. The fourth-order valence-corrected chi connectivity index (χ4v) is 7.76. The molecule has 6 nitrogen and oxygen atoms in total. The van der Waals surface area contributed by atoms with Crippen molar-refractivity contribution >= 4 is 11.6 Å². The average Bonchev–Trinajstić information content (AvgIpc) is 3.28. The maximum atomic E-state index is 9.17. The summed E-state index contributed by atoms with van der Waals surface area (Å²) in [4.78, 5) is 4.90.